The molecule has 0 saturated carbocycles. The van der Waals surface area contributed by atoms with Crippen LogP contribution in [-0.4, -0.2) is 13.6 Å². The van der Waals surface area contributed by atoms with E-state index in [1.165, 1.54) is 16.7 Å². The molecule has 1 aliphatic rings. The SMILES string of the molecule is CNCc1ccc(CN2CCc3ccc(F)cc32)cc1. The molecule has 0 unspecified atom stereocenters. The van der Waals surface area contributed by atoms with E-state index in [4.69, 9.17) is 0 Å². The first-order valence-electron chi connectivity index (χ1n) is 7.02. The van der Waals surface area contributed by atoms with E-state index in [0.717, 1.165) is 31.7 Å². The minimum atomic E-state index is -0.153. The number of rotatable bonds is 4. The van der Waals surface area contributed by atoms with E-state index in [9.17, 15) is 4.39 Å². The molecule has 0 saturated heterocycles. The van der Waals surface area contributed by atoms with Crippen LogP contribution < -0.4 is 10.2 Å². The lowest BCUT2D eigenvalue weighted by atomic mass is 10.1. The molecule has 2 aromatic carbocycles. The molecule has 3 heteroatoms. The van der Waals surface area contributed by atoms with Gasteiger partial charge in [0.05, 0.1) is 0 Å². The summed E-state index contributed by atoms with van der Waals surface area (Å²) in [6.07, 6.45) is 1.01. The molecule has 0 aromatic heterocycles. The molecule has 3 rings (SSSR count). The van der Waals surface area contributed by atoms with Crippen LogP contribution in [0, 0.1) is 5.82 Å². The average Bonchev–Trinajstić information content (AvgIpc) is 2.84. The zero-order valence-electron chi connectivity index (χ0n) is 11.7. The molecule has 0 amide bonds. The first-order chi connectivity index (χ1) is 9.76. The summed E-state index contributed by atoms with van der Waals surface area (Å²) in [7, 11) is 1.95. The summed E-state index contributed by atoms with van der Waals surface area (Å²) in [5.74, 6) is -0.153. The number of nitrogens with one attached hydrogen (secondary N) is 1. The molecule has 1 heterocycles. The molecule has 0 spiro atoms. The van der Waals surface area contributed by atoms with Gasteiger partial charge in [-0.15, -0.1) is 0 Å². The molecule has 0 radical (unpaired) electrons. The molecule has 0 bridgehead atoms. The minimum absolute atomic E-state index is 0.153. The van der Waals surface area contributed by atoms with E-state index in [0.29, 0.717) is 0 Å². The van der Waals surface area contributed by atoms with Gasteiger partial charge in [-0.1, -0.05) is 30.3 Å². The normalized spacial score (nSPS) is 13.6. The second-order valence-corrected chi connectivity index (χ2v) is 5.29. The van der Waals surface area contributed by atoms with Gasteiger partial charge in [0.15, 0.2) is 0 Å². The van der Waals surface area contributed by atoms with Gasteiger partial charge in [0.25, 0.3) is 0 Å². The largest absolute Gasteiger partial charge is 0.367 e. The zero-order valence-corrected chi connectivity index (χ0v) is 11.7. The number of nitrogens with zero attached hydrogens (tertiary/aromatic N) is 1. The number of hydrogen-bond acceptors (Lipinski definition) is 2. The smallest absolute Gasteiger partial charge is 0.125 e. The topological polar surface area (TPSA) is 15.3 Å². The lowest BCUT2D eigenvalue weighted by Crippen LogP contribution is -2.19. The Morgan fingerprint density at radius 1 is 1.10 bits per heavy atom. The van der Waals surface area contributed by atoms with Gasteiger partial charge < -0.3 is 10.2 Å². The average molecular weight is 270 g/mol. The summed E-state index contributed by atoms with van der Waals surface area (Å²) in [6.45, 7) is 2.70. The van der Waals surface area contributed by atoms with Gasteiger partial charge >= 0.3 is 0 Å². The molecule has 0 atom stereocenters. The Balaban J connectivity index is 1.75. The number of fused-ring (bicyclic) bond motifs is 1. The van der Waals surface area contributed by atoms with Gasteiger partial charge in [-0.25, -0.2) is 4.39 Å². The summed E-state index contributed by atoms with van der Waals surface area (Å²) in [4.78, 5) is 2.26. The van der Waals surface area contributed by atoms with E-state index < -0.39 is 0 Å². The van der Waals surface area contributed by atoms with Crippen molar-refractivity contribution in [2.45, 2.75) is 19.5 Å². The van der Waals surface area contributed by atoms with Gasteiger partial charge in [-0.3, -0.25) is 0 Å². The standard InChI is InChI=1S/C17H19FN2/c1-19-11-13-2-4-14(5-3-13)12-20-9-8-15-6-7-16(18)10-17(15)20/h2-7,10,19H,8-9,11-12H2,1H3. The monoisotopic (exact) mass is 270 g/mol. The van der Waals surface area contributed by atoms with Crippen LogP contribution >= 0.6 is 0 Å². The third kappa shape index (κ3) is 2.68. The van der Waals surface area contributed by atoms with Crippen LogP contribution in [0.5, 0.6) is 0 Å². The maximum Gasteiger partial charge on any atom is 0.125 e. The molecule has 2 aromatic rings. The Morgan fingerprint density at radius 3 is 2.60 bits per heavy atom. The Morgan fingerprint density at radius 2 is 1.85 bits per heavy atom. The van der Waals surface area contributed by atoms with Crippen LogP contribution in [0.2, 0.25) is 0 Å². The Labute approximate surface area is 119 Å². The molecule has 0 fully saturated rings. The first-order valence-corrected chi connectivity index (χ1v) is 7.02. The molecular formula is C17H19FN2. The van der Waals surface area contributed by atoms with Crippen LogP contribution in [-0.2, 0) is 19.5 Å². The fourth-order valence-electron chi connectivity index (χ4n) is 2.77. The van der Waals surface area contributed by atoms with Gasteiger partial charge in [-0.2, -0.15) is 0 Å². The van der Waals surface area contributed by atoms with Crippen molar-refractivity contribution in [1.29, 1.82) is 0 Å². The number of benzene rings is 2. The van der Waals surface area contributed by atoms with Gasteiger partial charge in [0.2, 0.25) is 0 Å². The molecular weight excluding hydrogens is 251 g/mol. The Bertz CT molecular complexity index is 592. The van der Waals surface area contributed by atoms with Crippen LogP contribution in [0.25, 0.3) is 0 Å². The predicted molar refractivity (Wildman–Crippen MR) is 80.4 cm³/mol. The Hall–Kier alpha value is -1.87. The highest BCUT2D eigenvalue weighted by atomic mass is 19.1. The molecule has 1 N–H and O–H groups in total. The van der Waals surface area contributed by atoms with Crippen molar-refractivity contribution in [2.75, 3.05) is 18.5 Å². The first kappa shape index (κ1) is 13.1. The summed E-state index contributed by atoms with van der Waals surface area (Å²) in [5, 5.41) is 3.14. The fourth-order valence-corrected chi connectivity index (χ4v) is 2.77. The summed E-state index contributed by atoms with van der Waals surface area (Å²) in [6, 6.07) is 13.7. The molecule has 2 nitrogen and oxygen atoms in total. The van der Waals surface area contributed by atoms with Crippen molar-refractivity contribution in [3.8, 4) is 0 Å². The van der Waals surface area contributed by atoms with Crippen LogP contribution in [0.1, 0.15) is 16.7 Å². The van der Waals surface area contributed by atoms with Gasteiger partial charge in [-0.05, 0) is 42.3 Å². The number of hydrogen-bond donors (Lipinski definition) is 1. The molecule has 0 aliphatic carbocycles. The van der Waals surface area contributed by atoms with Crippen molar-refractivity contribution in [3.05, 3.63) is 65.0 Å². The summed E-state index contributed by atoms with van der Waals surface area (Å²) in [5.41, 5.74) is 4.84. The molecule has 104 valence electrons. The number of halogens is 1. The van der Waals surface area contributed by atoms with E-state index >= 15 is 0 Å². The van der Waals surface area contributed by atoms with E-state index in [-0.39, 0.29) is 5.82 Å². The predicted octanol–water partition coefficient (Wildman–Crippen LogP) is 3.11. The Kier molecular flexibility index (Phi) is 3.70. The third-order valence-electron chi connectivity index (χ3n) is 3.82. The van der Waals surface area contributed by atoms with Crippen molar-refractivity contribution < 1.29 is 4.39 Å². The van der Waals surface area contributed by atoms with E-state index in [2.05, 4.69) is 34.5 Å². The molecule has 1 aliphatic heterocycles. The molecule has 20 heavy (non-hydrogen) atoms. The highest BCUT2D eigenvalue weighted by molar-refractivity contribution is 5.58. The second-order valence-electron chi connectivity index (χ2n) is 5.29. The van der Waals surface area contributed by atoms with Crippen molar-refractivity contribution in [2.24, 2.45) is 0 Å². The summed E-state index contributed by atoms with van der Waals surface area (Å²) < 4.78 is 13.4. The number of anilines is 1. The van der Waals surface area contributed by atoms with Crippen molar-refractivity contribution >= 4 is 5.69 Å². The third-order valence-corrected chi connectivity index (χ3v) is 3.82. The maximum atomic E-state index is 13.4. The van der Waals surface area contributed by atoms with Crippen LogP contribution in [0.15, 0.2) is 42.5 Å². The lowest BCUT2D eigenvalue weighted by molar-refractivity contribution is 0.627. The highest BCUT2D eigenvalue weighted by Gasteiger charge is 2.19. The zero-order chi connectivity index (χ0) is 13.9. The fraction of sp³-hybridized carbons (Fsp3) is 0.294. The van der Waals surface area contributed by atoms with Crippen molar-refractivity contribution in [1.82, 2.24) is 5.32 Å². The van der Waals surface area contributed by atoms with Gasteiger partial charge in [0, 0.05) is 25.3 Å². The highest BCUT2D eigenvalue weighted by Crippen LogP contribution is 2.29. The van der Waals surface area contributed by atoms with Crippen molar-refractivity contribution in [3.63, 3.8) is 0 Å². The van der Waals surface area contributed by atoms with Gasteiger partial charge in [0.1, 0.15) is 5.82 Å². The second kappa shape index (κ2) is 5.63. The van der Waals surface area contributed by atoms with Crippen LogP contribution in [0.3, 0.4) is 0 Å². The lowest BCUT2D eigenvalue weighted by Gasteiger charge is -2.19. The quantitative estimate of drug-likeness (QED) is 0.918. The summed E-state index contributed by atoms with van der Waals surface area (Å²) >= 11 is 0. The maximum absolute atomic E-state index is 13.4. The van der Waals surface area contributed by atoms with E-state index in [1.54, 1.807) is 12.1 Å². The van der Waals surface area contributed by atoms with E-state index in [1.807, 2.05) is 13.1 Å². The van der Waals surface area contributed by atoms with Crippen LogP contribution in [0.4, 0.5) is 10.1 Å². The minimum Gasteiger partial charge on any atom is -0.367 e.